The Morgan fingerprint density at radius 1 is 1.04 bits per heavy atom. The van der Waals surface area contributed by atoms with E-state index >= 15 is 0 Å². The molecule has 0 saturated heterocycles. The summed E-state index contributed by atoms with van der Waals surface area (Å²) in [6, 6.07) is 14.4. The number of alkyl halides is 3. The van der Waals surface area contributed by atoms with Crippen LogP contribution < -0.4 is 10.7 Å². The van der Waals surface area contributed by atoms with E-state index < -0.39 is 11.7 Å². The van der Waals surface area contributed by atoms with Gasteiger partial charge in [0.2, 0.25) is 0 Å². The van der Waals surface area contributed by atoms with Gasteiger partial charge in [-0.1, -0.05) is 42.5 Å². The molecule has 2 N–H and O–H groups in total. The summed E-state index contributed by atoms with van der Waals surface area (Å²) in [6.07, 6.45) is -2.94. The van der Waals surface area contributed by atoms with E-state index in [-0.39, 0.29) is 0 Å². The highest BCUT2D eigenvalue weighted by molar-refractivity contribution is 7.80. The highest BCUT2D eigenvalue weighted by Crippen LogP contribution is 2.28. The molecule has 2 rings (SSSR count). The molecule has 0 amide bonds. The summed E-state index contributed by atoms with van der Waals surface area (Å²) in [5.74, 6) is 0. The predicted octanol–water partition coefficient (Wildman–Crippen LogP) is 3.70. The number of thiocarbonyl (C=S) groups is 1. The third kappa shape index (κ3) is 5.71. The summed E-state index contributed by atoms with van der Waals surface area (Å²) in [5, 5.41) is 7.19. The molecule has 2 aromatic rings. The quantitative estimate of drug-likeness (QED) is 0.507. The summed E-state index contributed by atoms with van der Waals surface area (Å²) in [4.78, 5) is 0. The van der Waals surface area contributed by atoms with Gasteiger partial charge in [0, 0.05) is 6.54 Å². The largest absolute Gasteiger partial charge is 0.416 e. The van der Waals surface area contributed by atoms with Crippen molar-refractivity contribution in [2.75, 3.05) is 0 Å². The van der Waals surface area contributed by atoms with E-state index in [0.717, 1.165) is 17.7 Å². The van der Waals surface area contributed by atoms with E-state index in [1.807, 2.05) is 30.3 Å². The molecule has 0 fully saturated rings. The van der Waals surface area contributed by atoms with Gasteiger partial charge in [-0.3, -0.25) is 5.43 Å². The van der Waals surface area contributed by atoms with Crippen molar-refractivity contribution in [2.24, 2.45) is 5.10 Å². The van der Waals surface area contributed by atoms with Crippen molar-refractivity contribution in [3.05, 3.63) is 71.3 Å². The zero-order valence-electron chi connectivity index (χ0n) is 12.0. The Labute approximate surface area is 137 Å². The third-order valence-corrected chi connectivity index (χ3v) is 3.15. The monoisotopic (exact) mass is 337 g/mol. The Bertz CT molecular complexity index is 667. The first-order chi connectivity index (χ1) is 10.9. The summed E-state index contributed by atoms with van der Waals surface area (Å²) >= 11 is 5.05. The van der Waals surface area contributed by atoms with Crippen LogP contribution in [0.25, 0.3) is 0 Å². The second-order valence-corrected chi connectivity index (χ2v) is 5.07. The van der Waals surface area contributed by atoms with Crippen LogP contribution in [0.15, 0.2) is 59.7 Å². The van der Waals surface area contributed by atoms with Crippen LogP contribution in [-0.2, 0) is 12.7 Å². The van der Waals surface area contributed by atoms with Crippen LogP contribution in [0.2, 0.25) is 0 Å². The number of hydrazone groups is 1. The topological polar surface area (TPSA) is 36.4 Å². The molecular formula is C16H14F3N3S. The Morgan fingerprint density at radius 2 is 1.70 bits per heavy atom. The summed E-state index contributed by atoms with van der Waals surface area (Å²) in [6.45, 7) is 0.558. The van der Waals surface area contributed by atoms with Gasteiger partial charge in [0.25, 0.3) is 0 Å². The van der Waals surface area contributed by atoms with E-state index in [1.54, 1.807) is 0 Å². The normalized spacial score (nSPS) is 11.4. The highest BCUT2D eigenvalue weighted by atomic mass is 32.1. The van der Waals surface area contributed by atoms with Gasteiger partial charge in [0.1, 0.15) is 0 Å². The molecule has 0 saturated carbocycles. The van der Waals surface area contributed by atoms with Crippen LogP contribution in [0.3, 0.4) is 0 Å². The highest BCUT2D eigenvalue weighted by Gasteiger charge is 2.29. The first-order valence-corrected chi connectivity index (χ1v) is 7.14. The fraction of sp³-hybridized carbons (Fsp3) is 0.125. The average Bonchev–Trinajstić information content (AvgIpc) is 2.53. The van der Waals surface area contributed by atoms with Gasteiger partial charge in [0.05, 0.1) is 11.8 Å². The number of nitrogens with one attached hydrogen (secondary N) is 2. The lowest BCUT2D eigenvalue weighted by Gasteiger charge is -2.07. The molecule has 120 valence electrons. The molecule has 0 aromatic heterocycles. The van der Waals surface area contributed by atoms with Gasteiger partial charge in [-0.25, -0.2) is 0 Å². The minimum atomic E-state index is -4.34. The van der Waals surface area contributed by atoms with E-state index in [4.69, 9.17) is 12.2 Å². The smallest absolute Gasteiger partial charge is 0.357 e. The molecule has 0 unspecified atom stereocenters. The Kier molecular flexibility index (Phi) is 5.70. The number of halogens is 3. The maximum absolute atomic E-state index is 12.4. The number of rotatable bonds is 4. The molecule has 0 heterocycles. The van der Waals surface area contributed by atoms with Gasteiger partial charge in [-0.15, -0.1) is 0 Å². The van der Waals surface area contributed by atoms with Crippen molar-refractivity contribution >= 4 is 23.5 Å². The summed E-state index contributed by atoms with van der Waals surface area (Å²) in [5.41, 5.74) is 3.53. The number of nitrogens with zero attached hydrogens (tertiary/aromatic N) is 1. The van der Waals surface area contributed by atoms with Gasteiger partial charge in [-0.05, 0) is 35.5 Å². The van der Waals surface area contributed by atoms with E-state index in [2.05, 4.69) is 15.8 Å². The minimum absolute atomic E-state index is 0.331. The van der Waals surface area contributed by atoms with Crippen LogP contribution in [0, 0.1) is 0 Å². The van der Waals surface area contributed by atoms with Crippen LogP contribution >= 0.6 is 12.2 Å². The van der Waals surface area contributed by atoms with Crippen molar-refractivity contribution in [3.63, 3.8) is 0 Å². The second kappa shape index (κ2) is 7.73. The maximum Gasteiger partial charge on any atom is 0.416 e. The first kappa shape index (κ1) is 17.0. The fourth-order valence-corrected chi connectivity index (χ4v) is 1.87. The second-order valence-electron chi connectivity index (χ2n) is 4.66. The number of benzene rings is 2. The van der Waals surface area contributed by atoms with Crippen LogP contribution in [0.1, 0.15) is 16.7 Å². The number of hydrogen-bond acceptors (Lipinski definition) is 2. The fourth-order valence-electron chi connectivity index (χ4n) is 1.74. The summed E-state index contributed by atoms with van der Waals surface area (Å²) in [7, 11) is 0. The Balaban J connectivity index is 1.80. The van der Waals surface area contributed by atoms with E-state index in [1.165, 1.54) is 18.3 Å². The third-order valence-electron chi connectivity index (χ3n) is 2.91. The van der Waals surface area contributed by atoms with Crippen molar-refractivity contribution < 1.29 is 13.2 Å². The molecule has 23 heavy (non-hydrogen) atoms. The molecule has 0 spiro atoms. The van der Waals surface area contributed by atoms with Gasteiger partial charge < -0.3 is 5.32 Å². The number of hydrogen-bond donors (Lipinski definition) is 2. The van der Waals surface area contributed by atoms with Gasteiger partial charge in [-0.2, -0.15) is 18.3 Å². The zero-order chi connectivity index (χ0) is 16.7. The molecule has 2 aromatic carbocycles. The first-order valence-electron chi connectivity index (χ1n) is 6.73. The average molecular weight is 337 g/mol. The lowest BCUT2D eigenvalue weighted by Crippen LogP contribution is -2.31. The van der Waals surface area contributed by atoms with Crippen LogP contribution in [0.5, 0.6) is 0 Å². The molecule has 0 radical (unpaired) electrons. The van der Waals surface area contributed by atoms with Gasteiger partial charge in [0.15, 0.2) is 5.11 Å². The van der Waals surface area contributed by atoms with Crippen molar-refractivity contribution in [3.8, 4) is 0 Å². The SMILES string of the molecule is FC(F)(F)c1ccc(C=NNC(=S)NCc2ccccc2)cc1. The predicted molar refractivity (Wildman–Crippen MR) is 88.1 cm³/mol. The molecule has 0 aliphatic rings. The Hall–Kier alpha value is -2.41. The summed E-state index contributed by atoms with van der Waals surface area (Å²) < 4.78 is 37.3. The standard InChI is InChI=1S/C16H14F3N3S/c17-16(18,19)14-8-6-13(7-9-14)11-21-22-15(23)20-10-12-4-2-1-3-5-12/h1-9,11H,10H2,(H2,20,22,23). The van der Waals surface area contributed by atoms with Crippen LogP contribution in [-0.4, -0.2) is 11.3 Å². The van der Waals surface area contributed by atoms with Crippen molar-refractivity contribution in [1.29, 1.82) is 0 Å². The van der Waals surface area contributed by atoms with E-state index in [0.29, 0.717) is 17.2 Å². The minimum Gasteiger partial charge on any atom is -0.357 e. The zero-order valence-corrected chi connectivity index (χ0v) is 12.8. The molecule has 0 aliphatic carbocycles. The van der Waals surface area contributed by atoms with Crippen molar-refractivity contribution in [1.82, 2.24) is 10.7 Å². The molecule has 3 nitrogen and oxygen atoms in total. The molecular weight excluding hydrogens is 323 g/mol. The van der Waals surface area contributed by atoms with Gasteiger partial charge >= 0.3 is 6.18 Å². The molecule has 7 heteroatoms. The molecule has 0 aliphatic heterocycles. The maximum atomic E-state index is 12.4. The van der Waals surface area contributed by atoms with E-state index in [9.17, 15) is 13.2 Å². The Morgan fingerprint density at radius 3 is 2.30 bits per heavy atom. The van der Waals surface area contributed by atoms with Crippen LogP contribution in [0.4, 0.5) is 13.2 Å². The van der Waals surface area contributed by atoms with Crippen molar-refractivity contribution in [2.45, 2.75) is 12.7 Å². The molecule has 0 bridgehead atoms. The molecule has 0 atom stereocenters. The lowest BCUT2D eigenvalue weighted by atomic mass is 10.1. The lowest BCUT2D eigenvalue weighted by molar-refractivity contribution is -0.137.